The van der Waals surface area contributed by atoms with Gasteiger partial charge in [0.15, 0.2) is 0 Å². The second-order valence-corrected chi connectivity index (χ2v) is 11.3. The van der Waals surface area contributed by atoms with Crippen LogP contribution in [0.5, 0.6) is 11.5 Å². The molecule has 96 valence electrons. The first-order valence-electron chi connectivity index (χ1n) is 6.20. The van der Waals surface area contributed by atoms with Crippen molar-refractivity contribution in [1.29, 1.82) is 0 Å². The van der Waals surface area contributed by atoms with Crippen LogP contribution in [0.1, 0.15) is 5.56 Å². The molecule has 0 fully saturated rings. The van der Waals surface area contributed by atoms with Gasteiger partial charge in [0.1, 0.15) is 11.5 Å². The fourth-order valence-corrected chi connectivity index (χ4v) is 3.67. The van der Waals surface area contributed by atoms with E-state index in [4.69, 9.17) is 4.74 Å². The Morgan fingerprint density at radius 1 is 1.11 bits per heavy atom. The van der Waals surface area contributed by atoms with E-state index in [1.165, 1.54) is 0 Å². The van der Waals surface area contributed by atoms with Crippen molar-refractivity contribution < 1.29 is 9.84 Å². The van der Waals surface area contributed by atoms with Crippen molar-refractivity contribution in [3.8, 4) is 11.5 Å². The van der Waals surface area contributed by atoms with E-state index in [1.54, 1.807) is 7.11 Å². The van der Waals surface area contributed by atoms with Crippen molar-refractivity contribution in [2.45, 2.75) is 25.7 Å². The number of phenolic OH excluding ortho intramolecular Hbond substituents is 1. The molecule has 0 amide bonds. The molecule has 2 nitrogen and oxygen atoms in total. The number of fused-ring (bicyclic) bond motifs is 1. The number of benzene rings is 2. The van der Waals surface area contributed by atoms with E-state index in [-0.39, 0.29) is 0 Å². The number of aromatic hydroxyl groups is 1. The second-order valence-electron chi connectivity index (χ2n) is 5.87. The van der Waals surface area contributed by atoms with Crippen LogP contribution in [0, 0.1) is 0 Å². The summed E-state index contributed by atoms with van der Waals surface area (Å²) in [5.41, 5.74) is 1.00. The first-order chi connectivity index (χ1) is 8.42. The van der Waals surface area contributed by atoms with Crippen LogP contribution >= 0.6 is 0 Å². The number of methoxy groups -OCH3 is 1. The van der Waals surface area contributed by atoms with E-state index in [2.05, 4.69) is 19.6 Å². The Kier molecular flexibility index (Phi) is 3.35. The lowest BCUT2D eigenvalue weighted by Crippen LogP contribution is -2.23. The average molecular weight is 260 g/mol. The molecule has 1 N–H and O–H groups in total. The molecule has 2 rings (SSSR count). The molecular weight excluding hydrogens is 240 g/mol. The maximum Gasteiger partial charge on any atom is 0.127 e. The standard InChI is InChI=1S/C15H20O2Si/c1-17-14-9-11(10-18(2,3)4)15(16)13-8-6-5-7-12(13)14/h5-9,16H,10H2,1-4H3. The normalized spacial score (nSPS) is 11.8. The number of phenols is 1. The Balaban J connectivity index is 2.65. The smallest absolute Gasteiger partial charge is 0.127 e. The molecule has 18 heavy (non-hydrogen) atoms. The third kappa shape index (κ3) is 2.51. The van der Waals surface area contributed by atoms with Crippen molar-refractivity contribution in [2.75, 3.05) is 7.11 Å². The summed E-state index contributed by atoms with van der Waals surface area (Å²) in [4.78, 5) is 0. The summed E-state index contributed by atoms with van der Waals surface area (Å²) in [6, 6.07) is 10.8. The average Bonchev–Trinajstić information content (AvgIpc) is 2.31. The molecule has 0 aliphatic carbocycles. The van der Waals surface area contributed by atoms with Gasteiger partial charge in [-0.15, -0.1) is 0 Å². The highest BCUT2D eigenvalue weighted by atomic mass is 28.3. The zero-order chi connectivity index (χ0) is 13.3. The largest absolute Gasteiger partial charge is 0.507 e. The lowest BCUT2D eigenvalue weighted by molar-refractivity contribution is 0.417. The molecule has 0 heterocycles. The van der Waals surface area contributed by atoms with Crippen LogP contribution in [0.25, 0.3) is 10.8 Å². The first kappa shape index (κ1) is 13.0. The summed E-state index contributed by atoms with van der Waals surface area (Å²) in [6.07, 6.45) is 0. The summed E-state index contributed by atoms with van der Waals surface area (Å²) >= 11 is 0. The van der Waals surface area contributed by atoms with Crippen molar-refractivity contribution in [2.24, 2.45) is 0 Å². The molecule has 0 saturated heterocycles. The summed E-state index contributed by atoms with van der Waals surface area (Å²) in [5, 5.41) is 12.2. The van der Waals surface area contributed by atoms with Gasteiger partial charge in [0.05, 0.1) is 7.11 Å². The number of hydrogen-bond acceptors (Lipinski definition) is 2. The van der Waals surface area contributed by atoms with Crippen molar-refractivity contribution in [3.63, 3.8) is 0 Å². The molecule has 2 aromatic carbocycles. The number of hydrogen-bond donors (Lipinski definition) is 1. The maximum atomic E-state index is 10.4. The Hall–Kier alpha value is -1.48. The molecule has 0 aliphatic heterocycles. The molecule has 2 aromatic rings. The zero-order valence-corrected chi connectivity index (χ0v) is 12.4. The van der Waals surface area contributed by atoms with Crippen molar-refractivity contribution >= 4 is 18.8 Å². The van der Waals surface area contributed by atoms with Gasteiger partial charge in [0.2, 0.25) is 0 Å². The monoisotopic (exact) mass is 260 g/mol. The van der Waals surface area contributed by atoms with Gasteiger partial charge in [0.25, 0.3) is 0 Å². The van der Waals surface area contributed by atoms with Gasteiger partial charge in [-0.2, -0.15) is 0 Å². The van der Waals surface area contributed by atoms with Gasteiger partial charge in [-0.3, -0.25) is 0 Å². The molecule has 0 bridgehead atoms. The summed E-state index contributed by atoms with van der Waals surface area (Å²) in [6.45, 7) is 6.90. The van der Waals surface area contributed by atoms with E-state index < -0.39 is 8.07 Å². The van der Waals surface area contributed by atoms with Crippen LogP contribution in [0.4, 0.5) is 0 Å². The van der Waals surface area contributed by atoms with E-state index in [0.29, 0.717) is 5.75 Å². The molecule has 0 atom stereocenters. The number of ether oxygens (including phenoxy) is 1. The van der Waals surface area contributed by atoms with Gasteiger partial charge >= 0.3 is 0 Å². The second kappa shape index (κ2) is 4.65. The van der Waals surface area contributed by atoms with Crippen LogP contribution in [0.15, 0.2) is 30.3 Å². The fourth-order valence-electron chi connectivity index (χ4n) is 2.26. The topological polar surface area (TPSA) is 29.5 Å². The van der Waals surface area contributed by atoms with Gasteiger partial charge in [-0.1, -0.05) is 43.9 Å². The van der Waals surface area contributed by atoms with Crippen molar-refractivity contribution in [3.05, 3.63) is 35.9 Å². The van der Waals surface area contributed by atoms with Gasteiger partial charge in [-0.05, 0) is 17.7 Å². The lowest BCUT2D eigenvalue weighted by atomic mass is 10.0. The highest BCUT2D eigenvalue weighted by molar-refractivity contribution is 6.75. The minimum atomic E-state index is -1.27. The molecule has 0 radical (unpaired) electrons. The van der Waals surface area contributed by atoms with E-state index >= 15 is 0 Å². The van der Waals surface area contributed by atoms with Crippen molar-refractivity contribution in [1.82, 2.24) is 0 Å². The Morgan fingerprint density at radius 3 is 2.28 bits per heavy atom. The zero-order valence-electron chi connectivity index (χ0n) is 11.4. The van der Waals surface area contributed by atoms with Crippen LogP contribution in [-0.4, -0.2) is 20.3 Å². The minimum Gasteiger partial charge on any atom is -0.507 e. The molecule has 0 spiro atoms. The van der Waals surface area contributed by atoms with Crippen LogP contribution in [0.3, 0.4) is 0 Å². The summed E-state index contributed by atoms with van der Waals surface area (Å²) < 4.78 is 5.44. The fraction of sp³-hybridized carbons (Fsp3) is 0.333. The molecular formula is C15H20O2Si. The highest BCUT2D eigenvalue weighted by Gasteiger charge is 2.19. The molecule has 0 aliphatic rings. The predicted octanol–water partition coefficient (Wildman–Crippen LogP) is 3.97. The first-order valence-corrected chi connectivity index (χ1v) is 9.90. The van der Waals surface area contributed by atoms with Crippen LogP contribution in [-0.2, 0) is 6.04 Å². The molecule has 0 unspecified atom stereocenters. The number of rotatable bonds is 3. The maximum absolute atomic E-state index is 10.4. The Morgan fingerprint density at radius 2 is 1.72 bits per heavy atom. The molecule has 3 heteroatoms. The van der Waals surface area contributed by atoms with Gasteiger partial charge in [-0.25, -0.2) is 0 Å². The van der Waals surface area contributed by atoms with E-state index in [1.807, 2.05) is 30.3 Å². The van der Waals surface area contributed by atoms with Gasteiger partial charge < -0.3 is 9.84 Å². The third-order valence-corrected chi connectivity index (χ3v) is 4.44. The van der Waals surface area contributed by atoms with E-state index in [0.717, 1.165) is 28.1 Å². The Labute approximate surface area is 109 Å². The third-order valence-electron chi connectivity index (χ3n) is 3.00. The summed E-state index contributed by atoms with van der Waals surface area (Å²) in [5.74, 6) is 1.26. The molecule has 0 aromatic heterocycles. The van der Waals surface area contributed by atoms with Crippen LogP contribution in [0.2, 0.25) is 19.6 Å². The lowest BCUT2D eigenvalue weighted by Gasteiger charge is -2.19. The SMILES string of the molecule is COc1cc(C[Si](C)(C)C)c(O)c2ccccc12. The predicted molar refractivity (Wildman–Crippen MR) is 79.2 cm³/mol. The van der Waals surface area contributed by atoms with Crippen LogP contribution < -0.4 is 4.74 Å². The summed E-state index contributed by atoms with van der Waals surface area (Å²) in [7, 11) is 0.410. The molecule has 0 saturated carbocycles. The van der Waals surface area contributed by atoms with Gasteiger partial charge in [0, 0.05) is 18.8 Å². The quantitative estimate of drug-likeness (QED) is 0.846. The Bertz CT molecular complexity index is 570. The highest BCUT2D eigenvalue weighted by Crippen LogP contribution is 2.37. The minimum absolute atomic E-state index is 0.411. The van der Waals surface area contributed by atoms with E-state index in [9.17, 15) is 5.11 Å².